The number of thiocarbonyl (C=S) groups is 1. The monoisotopic (exact) mass is 479 g/mol. The number of benzene rings is 2. The maximum atomic E-state index is 13.7. The molecular formula is C25H25N3O3S2. The molecule has 0 spiro atoms. The van der Waals surface area contributed by atoms with Gasteiger partial charge in [-0.05, 0) is 67.3 Å². The van der Waals surface area contributed by atoms with Gasteiger partial charge in [-0.1, -0.05) is 18.2 Å². The number of carbonyl (C=O) groups is 1. The topological polar surface area (TPSA) is 62.8 Å². The SMILES string of the molecule is COc1ccc(OC)c(NC(=O)C2=C(C)N(c3cccc(C)c3)C(=S)N[C@H]2c2cccs2)c1. The summed E-state index contributed by atoms with van der Waals surface area (Å²) < 4.78 is 10.8. The lowest BCUT2D eigenvalue weighted by Crippen LogP contribution is -2.48. The zero-order chi connectivity index (χ0) is 23.5. The van der Waals surface area contributed by atoms with Crippen LogP contribution in [0.2, 0.25) is 0 Å². The Kier molecular flexibility index (Phi) is 6.67. The number of amides is 1. The predicted octanol–water partition coefficient (Wildman–Crippen LogP) is 5.42. The minimum absolute atomic E-state index is 0.245. The second-order valence-electron chi connectivity index (χ2n) is 7.59. The lowest BCUT2D eigenvalue weighted by atomic mass is 9.99. The molecule has 1 aromatic heterocycles. The van der Waals surface area contributed by atoms with Gasteiger partial charge in [0.1, 0.15) is 11.5 Å². The molecule has 3 aromatic rings. The van der Waals surface area contributed by atoms with Crippen molar-refractivity contribution in [3.8, 4) is 11.5 Å². The number of thiophene rings is 1. The van der Waals surface area contributed by atoms with Crippen LogP contribution >= 0.6 is 23.6 Å². The molecule has 0 saturated heterocycles. The molecule has 4 rings (SSSR count). The number of nitrogens with one attached hydrogen (secondary N) is 2. The molecule has 1 aliphatic rings. The number of rotatable bonds is 6. The Labute approximate surface area is 202 Å². The molecule has 8 heteroatoms. The summed E-state index contributed by atoms with van der Waals surface area (Å²) in [4.78, 5) is 16.6. The van der Waals surface area contributed by atoms with E-state index >= 15 is 0 Å². The van der Waals surface area contributed by atoms with Crippen molar-refractivity contribution in [1.29, 1.82) is 0 Å². The van der Waals surface area contributed by atoms with E-state index in [4.69, 9.17) is 21.7 Å². The number of carbonyl (C=O) groups excluding carboxylic acids is 1. The van der Waals surface area contributed by atoms with E-state index in [0.29, 0.717) is 27.9 Å². The Morgan fingerprint density at radius 1 is 1.09 bits per heavy atom. The molecule has 1 aliphatic heterocycles. The fourth-order valence-corrected chi connectivity index (χ4v) is 5.03. The molecule has 6 nitrogen and oxygen atoms in total. The molecule has 170 valence electrons. The summed E-state index contributed by atoms with van der Waals surface area (Å²) in [5.74, 6) is 0.922. The maximum absolute atomic E-state index is 13.7. The number of allylic oxidation sites excluding steroid dienone is 1. The number of methoxy groups -OCH3 is 2. The van der Waals surface area contributed by atoms with E-state index in [0.717, 1.165) is 21.8 Å². The van der Waals surface area contributed by atoms with Crippen LogP contribution in [-0.2, 0) is 4.79 Å². The van der Waals surface area contributed by atoms with Crippen LogP contribution in [0.4, 0.5) is 11.4 Å². The fraction of sp³-hybridized carbons (Fsp3) is 0.200. The molecule has 0 unspecified atom stereocenters. The fourth-order valence-electron chi connectivity index (χ4n) is 3.89. The minimum Gasteiger partial charge on any atom is -0.497 e. The van der Waals surface area contributed by atoms with Crippen molar-refractivity contribution < 1.29 is 14.3 Å². The number of hydrogen-bond donors (Lipinski definition) is 2. The Bertz CT molecular complexity index is 1220. The summed E-state index contributed by atoms with van der Waals surface area (Å²) >= 11 is 7.31. The standard InChI is InChI=1S/C25H25N3O3S2/c1-15-7-5-8-17(13-15)28-16(2)22(23(27-25(28)32)21-9-6-12-33-21)24(29)26-19-14-18(30-3)10-11-20(19)31-4/h5-14,23H,1-4H3,(H,26,29)(H,27,32)/t23-/m0/s1. The van der Waals surface area contributed by atoms with Gasteiger partial charge in [0.15, 0.2) is 5.11 Å². The van der Waals surface area contributed by atoms with Gasteiger partial charge in [-0.25, -0.2) is 0 Å². The molecule has 0 saturated carbocycles. The van der Waals surface area contributed by atoms with Gasteiger partial charge in [0.25, 0.3) is 5.91 Å². The van der Waals surface area contributed by atoms with Gasteiger partial charge in [-0.15, -0.1) is 11.3 Å². The quantitative estimate of drug-likeness (QED) is 0.460. The molecule has 2 heterocycles. The van der Waals surface area contributed by atoms with Gasteiger partial charge in [-0.2, -0.15) is 0 Å². The smallest absolute Gasteiger partial charge is 0.255 e. The highest BCUT2D eigenvalue weighted by Crippen LogP contribution is 2.37. The Morgan fingerprint density at radius 2 is 1.91 bits per heavy atom. The van der Waals surface area contributed by atoms with Crippen LogP contribution in [0.1, 0.15) is 23.4 Å². The molecule has 0 fully saturated rings. The van der Waals surface area contributed by atoms with Crippen molar-refractivity contribution >= 4 is 45.9 Å². The number of nitrogens with zero attached hydrogens (tertiary/aromatic N) is 1. The molecule has 2 N–H and O–H groups in total. The molecule has 33 heavy (non-hydrogen) atoms. The lowest BCUT2D eigenvalue weighted by Gasteiger charge is -2.37. The first-order valence-electron chi connectivity index (χ1n) is 10.4. The van der Waals surface area contributed by atoms with Crippen LogP contribution < -0.4 is 25.0 Å². The first-order chi connectivity index (χ1) is 15.9. The summed E-state index contributed by atoms with van der Waals surface area (Å²) in [6.45, 7) is 3.95. The first kappa shape index (κ1) is 22.8. The molecule has 1 atom stereocenters. The van der Waals surface area contributed by atoms with Gasteiger partial charge < -0.3 is 20.1 Å². The third kappa shape index (κ3) is 4.58. The minimum atomic E-state index is -0.366. The van der Waals surface area contributed by atoms with Gasteiger partial charge in [0.05, 0.1) is 31.5 Å². The molecule has 0 aliphatic carbocycles. The third-order valence-corrected chi connectivity index (χ3v) is 6.71. The lowest BCUT2D eigenvalue weighted by molar-refractivity contribution is -0.113. The highest BCUT2D eigenvalue weighted by Gasteiger charge is 2.35. The Morgan fingerprint density at radius 3 is 2.58 bits per heavy atom. The summed E-state index contributed by atoms with van der Waals surface area (Å²) in [7, 11) is 3.15. The highest BCUT2D eigenvalue weighted by atomic mass is 32.1. The molecular weight excluding hydrogens is 454 g/mol. The zero-order valence-electron chi connectivity index (χ0n) is 18.8. The van der Waals surface area contributed by atoms with Crippen LogP contribution in [0.5, 0.6) is 11.5 Å². The average molecular weight is 480 g/mol. The van der Waals surface area contributed by atoms with Crippen LogP contribution in [0.15, 0.2) is 71.2 Å². The van der Waals surface area contributed by atoms with E-state index in [1.807, 2.05) is 60.5 Å². The Hall–Kier alpha value is -3.36. The van der Waals surface area contributed by atoms with Crippen LogP contribution in [0, 0.1) is 6.92 Å². The molecule has 2 aromatic carbocycles. The van der Waals surface area contributed by atoms with Crippen molar-refractivity contribution in [1.82, 2.24) is 5.32 Å². The van der Waals surface area contributed by atoms with E-state index in [1.165, 1.54) is 0 Å². The van der Waals surface area contributed by atoms with Gasteiger partial charge in [-0.3, -0.25) is 9.69 Å². The molecule has 0 radical (unpaired) electrons. The number of ether oxygens (including phenoxy) is 2. The summed E-state index contributed by atoms with van der Waals surface area (Å²) in [5.41, 5.74) is 3.89. The van der Waals surface area contributed by atoms with E-state index in [-0.39, 0.29) is 11.9 Å². The molecule has 0 bridgehead atoms. The van der Waals surface area contributed by atoms with E-state index < -0.39 is 0 Å². The number of hydrogen-bond acceptors (Lipinski definition) is 5. The third-order valence-electron chi connectivity index (χ3n) is 5.47. The summed E-state index contributed by atoms with van der Waals surface area (Å²) in [6, 6.07) is 16.9. The van der Waals surface area contributed by atoms with Crippen molar-refractivity contribution in [3.63, 3.8) is 0 Å². The summed E-state index contributed by atoms with van der Waals surface area (Å²) in [6.07, 6.45) is 0. The van der Waals surface area contributed by atoms with E-state index in [9.17, 15) is 4.79 Å². The maximum Gasteiger partial charge on any atom is 0.255 e. The van der Waals surface area contributed by atoms with Crippen molar-refractivity contribution in [3.05, 3.63) is 81.7 Å². The number of aryl methyl sites for hydroxylation is 1. The van der Waals surface area contributed by atoms with Gasteiger partial charge >= 0.3 is 0 Å². The van der Waals surface area contributed by atoms with Crippen molar-refractivity contribution in [2.75, 3.05) is 24.4 Å². The largest absolute Gasteiger partial charge is 0.497 e. The van der Waals surface area contributed by atoms with Crippen molar-refractivity contribution in [2.24, 2.45) is 0 Å². The van der Waals surface area contributed by atoms with Gasteiger partial charge in [0, 0.05) is 22.3 Å². The highest BCUT2D eigenvalue weighted by molar-refractivity contribution is 7.80. The Balaban J connectivity index is 1.80. The van der Waals surface area contributed by atoms with E-state index in [2.05, 4.69) is 10.6 Å². The van der Waals surface area contributed by atoms with Crippen LogP contribution in [0.25, 0.3) is 0 Å². The predicted molar refractivity (Wildman–Crippen MR) is 137 cm³/mol. The van der Waals surface area contributed by atoms with Crippen LogP contribution in [0.3, 0.4) is 0 Å². The first-order valence-corrected chi connectivity index (χ1v) is 11.7. The normalized spacial score (nSPS) is 15.8. The van der Waals surface area contributed by atoms with Gasteiger partial charge in [0.2, 0.25) is 0 Å². The van der Waals surface area contributed by atoms with Crippen molar-refractivity contribution in [2.45, 2.75) is 19.9 Å². The second-order valence-corrected chi connectivity index (χ2v) is 8.96. The second kappa shape index (κ2) is 9.64. The average Bonchev–Trinajstić information content (AvgIpc) is 3.33. The summed E-state index contributed by atoms with van der Waals surface area (Å²) in [5, 5.41) is 8.93. The van der Waals surface area contributed by atoms with Crippen LogP contribution in [-0.4, -0.2) is 25.2 Å². The molecule has 1 amide bonds. The zero-order valence-corrected chi connectivity index (χ0v) is 20.5. The number of anilines is 2. The van der Waals surface area contributed by atoms with E-state index in [1.54, 1.807) is 43.8 Å².